The van der Waals surface area contributed by atoms with Crippen LogP contribution in [0.2, 0.25) is 0 Å². The first-order valence-corrected chi connectivity index (χ1v) is 4.54. The van der Waals surface area contributed by atoms with Crippen molar-refractivity contribution in [2.75, 3.05) is 6.61 Å². The molecule has 0 unspecified atom stereocenters. The molecule has 1 aromatic rings. The van der Waals surface area contributed by atoms with Gasteiger partial charge in [-0.05, 0) is 18.6 Å². The molecule has 1 atom stereocenters. The number of thiophene rings is 1. The van der Waals surface area contributed by atoms with Gasteiger partial charge in [0.25, 0.3) is 0 Å². The van der Waals surface area contributed by atoms with E-state index in [9.17, 15) is 0 Å². The Morgan fingerprint density at radius 3 is 2.67 bits per heavy atom. The van der Waals surface area contributed by atoms with Crippen molar-refractivity contribution in [2.24, 2.45) is 5.73 Å². The summed E-state index contributed by atoms with van der Waals surface area (Å²) in [5.41, 5.74) is 5.62. The smallest absolute Gasteiger partial charge is 0.0632 e. The van der Waals surface area contributed by atoms with Gasteiger partial charge < -0.3 is 10.8 Å². The van der Waals surface area contributed by atoms with Crippen LogP contribution in [0.3, 0.4) is 0 Å². The minimum atomic E-state index is -0.194. The number of aliphatic hydroxyl groups excluding tert-OH is 1. The normalized spacial score (nSPS) is 12.2. The maximum absolute atomic E-state index is 8.75. The molecule has 3 N–H and O–H groups in total. The largest absolute Gasteiger partial charge is 0.394 e. The zero-order chi connectivity index (χ0) is 8.27. The summed E-state index contributed by atoms with van der Waals surface area (Å²) < 4.78 is 0. The topological polar surface area (TPSA) is 46.2 Å². The standard InChI is InChI=1S/C8H13NOS.ClH/c1-2-6-3-4-8(11-6)7(9)5-10;/h3-4,7,10H,2,5,9H2,1H3;1H/t7-;/m0./s1. The van der Waals surface area contributed by atoms with Crippen LogP contribution in [-0.2, 0) is 6.42 Å². The van der Waals surface area contributed by atoms with Crippen LogP contribution in [0.15, 0.2) is 12.1 Å². The number of nitrogens with two attached hydrogens (primary N) is 1. The van der Waals surface area contributed by atoms with Gasteiger partial charge in [-0.25, -0.2) is 0 Å². The number of hydrogen-bond acceptors (Lipinski definition) is 3. The number of aryl methyl sites for hydroxylation is 1. The maximum Gasteiger partial charge on any atom is 0.0632 e. The molecule has 4 heteroatoms. The zero-order valence-corrected chi connectivity index (χ0v) is 8.62. The van der Waals surface area contributed by atoms with Gasteiger partial charge in [0.2, 0.25) is 0 Å². The molecule has 0 bridgehead atoms. The van der Waals surface area contributed by atoms with E-state index >= 15 is 0 Å². The average Bonchev–Trinajstić information content (AvgIpc) is 2.50. The highest BCUT2D eigenvalue weighted by atomic mass is 35.5. The summed E-state index contributed by atoms with van der Waals surface area (Å²) in [6.45, 7) is 2.14. The highest BCUT2D eigenvalue weighted by Crippen LogP contribution is 2.21. The second-order valence-electron chi connectivity index (χ2n) is 2.45. The van der Waals surface area contributed by atoms with Gasteiger partial charge in [-0.2, -0.15) is 0 Å². The van der Waals surface area contributed by atoms with Gasteiger partial charge in [0.15, 0.2) is 0 Å². The van der Waals surface area contributed by atoms with Crippen molar-refractivity contribution in [1.29, 1.82) is 0 Å². The molecule has 0 aromatic carbocycles. The predicted octanol–water partition coefficient (Wildman–Crippen LogP) is 1.72. The molecule has 1 aromatic heterocycles. The van der Waals surface area contributed by atoms with Crippen LogP contribution >= 0.6 is 23.7 Å². The number of aliphatic hydroxyl groups is 1. The molecule has 0 radical (unpaired) electrons. The number of halogens is 1. The molecule has 0 aliphatic carbocycles. The van der Waals surface area contributed by atoms with Gasteiger partial charge in [0.1, 0.15) is 0 Å². The predicted molar refractivity (Wildman–Crippen MR) is 55.0 cm³/mol. The first-order valence-electron chi connectivity index (χ1n) is 3.73. The lowest BCUT2D eigenvalue weighted by atomic mass is 10.3. The molecule has 1 rings (SSSR count). The van der Waals surface area contributed by atoms with E-state index in [2.05, 4.69) is 13.0 Å². The van der Waals surface area contributed by atoms with Gasteiger partial charge in [0.05, 0.1) is 12.6 Å². The van der Waals surface area contributed by atoms with Gasteiger partial charge in [-0.15, -0.1) is 23.7 Å². The third kappa shape index (κ3) is 2.75. The number of hydrogen-bond donors (Lipinski definition) is 2. The SMILES string of the molecule is CCc1ccc([C@@H](N)CO)s1.Cl. The molecule has 1 heterocycles. The molecule has 0 saturated carbocycles. The van der Waals surface area contributed by atoms with Crippen molar-refractivity contribution in [3.8, 4) is 0 Å². The van der Waals surface area contributed by atoms with Crippen molar-refractivity contribution in [1.82, 2.24) is 0 Å². The van der Waals surface area contributed by atoms with Crippen LogP contribution < -0.4 is 5.73 Å². The third-order valence-electron chi connectivity index (χ3n) is 1.59. The second kappa shape index (κ2) is 5.54. The van der Waals surface area contributed by atoms with Crippen LogP contribution in [-0.4, -0.2) is 11.7 Å². The van der Waals surface area contributed by atoms with Crippen LogP contribution in [0.5, 0.6) is 0 Å². The van der Waals surface area contributed by atoms with E-state index in [4.69, 9.17) is 10.8 Å². The Kier molecular flexibility index (Phi) is 5.50. The van der Waals surface area contributed by atoms with Crippen LogP contribution in [0.4, 0.5) is 0 Å². The van der Waals surface area contributed by atoms with Gasteiger partial charge in [-0.1, -0.05) is 6.92 Å². The lowest BCUT2D eigenvalue weighted by molar-refractivity contribution is 0.269. The van der Waals surface area contributed by atoms with Crippen molar-refractivity contribution >= 4 is 23.7 Å². The molecule has 12 heavy (non-hydrogen) atoms. The Labute approximate surface area is 82.8 Å². The fraction of sp³-hybridized carbons (Fsp3) is 0.500. The molecule has 0 aliphatic rings. The molecule has 70 valence electrons. The summed E-state index contributed by atoms with van der Waals surface area (Å²) in [5, 5.41) is 8.75. The monoisotopic (exact) mass is 207 g/mol. The van der Waals surface area contributed by atoms with Gasteiger partial charge in [0, 0.05) is 9.75 Å². The minimum absolute atomic E-state index is 0. The second-order valence-corrected chi connectivity index (χ2v) is 3.65. The summed E-state index contributed by atoms with van der Waals surface area (Å²) in [4.78, 5) is 2.40. The Balaban J connectivity index is 0.00000121. The first kappa shape index (κ1) is 11.9. The van der Waals surface area contributed by atoms with E-state index in [0.717, 1.165) is 11.3 Å². The van der Waals surface area contributed by atoms with E-state index in [1.165, 1.54) is 4.88 Å². The van der Waals surface area contributed by atoms with Gasteiger partial charge >= 0.3 is 0 Å². The lowest BCUT2D eigenvalue weighted by Crippen LogP contribution is -2.12. The zero-order valence-electron chi connectivity index (χ0n) is 6.99. The van der Waals surface area contributed by atoms with Crippen LogP contribution in [0, 0.1) is 0 Å². The molecule has 0 amide bonds. The fourth-order valence-electron chi connectivity index (χ4n) is 0.874. The quantitative estimate of drug-likeness (QED) is 0.793. The summed E-state index contributed by atoms with van der Waals surface area (Å²) in [5.74, 6) is 0. The van der Waals surface area contributed by atoms with Crippen molar-refractivity contribution < 1.29 is 5.11 Å². The molecular formula is C8H14ClNOS. The lowest BCUT2D eigenvalue weighted by Gasteiger charge is -2.02. The summed E-state index contributed by atoms with van der Waals surface area (Å²) >= 11 is 1.68. The average molecular weight is 208 g/mol. The van der Waals surface area contributed by atoms with Gasteiger partial charge in [-0.3, -0.25) is 0 Å². The van der Waals surface area contributed by atoms with E-state index in [1.807, 2.05) is 6.07 Å². The van der Waals surface area contributed by atoms with Crippen molar-refractivity contribution in [2.45, 2.75) is 19.4 Å². The molecule has 0 spiro atoms. The molecule has 0 fully saturated rings. The van der Waals surface area contributed by atoms with E-state index in [0.29, 0.717) is 0 Å². The fourth-order valence-corrected chi connectivity index (χ4v) is 1.82. The highest BCUT2D eigenvalue weighted by Gasteiger charge is 2.06. The highest BCUT2D eigenvalue weighted by molar-refractivity contribution is 7.12. The molecule has 0 aliphatic heterocycles. The summed E-state index contributed by atoms with van der Waals surface area (Å²) in [6, 6.07) is 3.86. The summed E-state index contributed by atoms with van der Waals surface area (Å²) in [6.07, 6.45) is 1.04. The van der Waals surface area contributed by atoms with E-state index < -0.39 is 0 Å². The Hall–Kier alpha value is -0.0900. The number of rotatable bonds is 3. The van der Waals surface area contributed by atoms with Crippen molar-refractivity contribution in [3.05, 3.63) is 21.9 Å². The van der Waals surface area contributed by atoms with Crippen LogP contribution in [0.1, 0.15) is 22.7 Å². The van der Waals surface area contributed by atoms with E-state index in [1.54, 1.807) is 11.3 Å². The maximum atomic E-state index is 8.75. The molecular weight excluding hydrogens is 194 g/mol. The van der Waals surface area contributed by atoms with Crippen LogP contribution in [0.25, 0.3) is 0 Å². The molecule has 0 saturated heterocycles. The minimum Gasteiger partial charge on any atom is -0.394 e. The Morgan fingerprint density at radius 1 is 1.58 bits per heavy atom. The van der Waals surface area contributed by atoms with Crippen molar-refractivity contribution in [3.63, 3.8) is 0 Å². The Bertz CT molecular complexity index is 227. The Morgan fingerprint density at radius 2 is 2.25 bits per heavy atom. The molecule has 2 nitrogen and oxygen atoms in total. The third-order valence-corrected chi connectivity index (χ3v) is 2.95. The van der Waals surface area contributed by atoms with E-state index in [-0.39, 0.29) is 25.1 Å². The first-order chi connectivity index (χ1) is 5.27. The summed E-state index contributed by atoms with van der Waals surface area (Å²) in [7, 11) is 0.